The van der Waals surface area contributed by atoms with Gasteiger partial charge in [0.1, 0.15) is 4.99 Å². The fourth-order valence-corrected chi connectivity index (χ4v) is 2.69. The zero-order chi connectivity index (χ0) is 13.1. The molecule has 0 saturated carbocycles. The normalized spacial score (nSPS) is 10.1. The van der Waals surface area contributed by atoms with Crippen molar-refractivity contribution in [1.82, 2.24) is 0 Å². The highest BCUT2D eigenvalue weighted by atomic mass is 79.9. The summed E-state index contributed by atoms with van der Waals surface area (Å²) in [6, 6.07) is 14.0. The van der Waals surface area contributed by atoms with Crippen molar-refractivity contribution in [3.8, 4) is 0 Å². The van der Waals surface area contributed by atoms with Crippen LogP contribution in [0.2, 0.25) is 0 Å². The van der Waals surface area contributed by atoms with Gasteiger partial charge in [-0.2, -0.15) is 0 Å². The molecule has 0 heterocycles. The molecule has 0 atom stereocenters. The number of thiocarbonyl (C=S) groups is 1. The van der Waals surface area contributed by atoms with Crippen LogP contribution in [0.25, 0.3) is 0 Å². The molecule has 0 aromatic heterocycles. The Kier molecular flexibility index (Phi) is 3.99. The molecular formula is C14H13BrN2S. The molecule has 0 bridgehead atoms. The van der Waals surface area contributed by atoms with E-state index in [1.54, 1.807) is 0 Å². The zero-order valence-electron chi connectivity index (χ0n) is 9.91. The molecule has 0 radical (unpaired) electrons. The second-order valence-corrected chi connectivity index (χ2v) is 5.32. The van der Waals surface area contributed by atoms with E-state index in [2.05, 4.69) is 40.3 Å². The Labute approximate surface area is 120 Å². The Morgan fingerprint density at radius 3 is 2.61 bits per heavy atom. The van der Waals surface area contributed by atoms with Gasteiger partial charge in [-0.05, 0) is 52.7 Å². The number of halogens is 1. The second-order valence-electron chi connectivity index (χ2n) is 4.02. The fraction of sp³-hybridized carbons (Fsp3) is 0.0714. The smallest absolute Gasteiger partial charge is 0.107 e. The van der Waals surface area contributed by atoms with Gasteiger partial charge >= 0.3 is 0 Å². The number of benzene rings is 2. The largest absolute Gasteiger partial charge is 0.389 e. The molecule has 0 fully saturated rings. The predicted molar refractivity (Wildman–Crippen MR) is 84.5 cm³/mol. The molecule has 0 unspecified atom stereocenters. The molecule has 2 rings (SSSR count). The number of nitrogens with one attached hydrogen (secondary N) is 1. The molecule has 2 aromatic rings. The van der Waals surface area contributed by atoms with Gasteiger partial charge in [0.05, 0.1) is 0 Å². The molecule has 0 aliphatic rings. The summed E-state index contributed by atoms with van der Waals surface area (Å²) in [5.74, 6) is 0. The Morgan fingerprint density at radius 1 is 1.22 bits per heavy atom. The van der Waals surface area contributed by atoms with Crippen LogP contribution in [0.5, 0.6) is 0 Å². The van der Waals surface area contributed by atoms with Crippen LogP contribution in [-0.4, -0.2) is 4.99 Å². The van der Waals surface area contributed by atoms with Crippen LogP contribution in [-0.2, 0) is 0 Å². The lowest BCUT2D eigenvalue weighted by Crippen LogP contribution is -2.12. The molecule has 4 heteroatoms. The quantitative estimate of drug-likeness (QED) is 0.835. The Morgan fingerprint density at radius 2 is 1.94 bits per heavy atom. The van der Waals surface area contributed by atoms with E-state index in [1.807, 2.05) is 30.3 Å². The predicted octanol–water partition coefficient (Wildman–Crippen LogP) is 4.14. The summed E-state index contributed by atoms with van der Waals surface area (Å²) in [4.78, 5) is 0.373. The van der Waals surface area contributed by atoms with Crippen molar-refractivity contribution in [1.29, 1.82) is 0 Å². The minimum atomic E-state index is 0.373. The first-order valence-electron chi connectivity index (χ1n) is 5.50. The van der Waals surface area contributed by atoms with E-state index < -0.39 is 0 Å². The van der Waals surface area contributed by atoms with Crippen LogP contribution < -0.4 is 11.1 Å². The van der Waals surface area contributed by atoms with Gasteiger partial charge in [-0.1, -0.05) is 30.4 Å². The summed E-state index contributed by atoms with van der Waals surface area (Å²) >= 11 is 8.55. The van der Waals surface area contributed by atoms with Crippen LogP contribution in [0.1, 0.15) is 11.1 Å². The Bertz CT molecular complexity index is 596. The molecular weight excluding hydrogens is 308 g/mol. The maximum Gasteiger partial charge on any atom is 0.107 e. The van der Waals surface area contributed by atoms with Crippen molar-refractivity contribution < 1.29 is 0 Å². The molecule has 0 spiro atoms. The van der Waals surface area contributed by atoms with Gasteiger partial charge in [0, 0.05) is 21.4 Å². The lowest BCUT2D eigenvalue weighted by Gasteiger charge is -2.13. The average Bonchev–Trinajstić information content (AvgIpc) is 2.28. The van der Waals surface area contributed by atoms with E-state index in [1.165, 1.54) is 5.56 Å². The maximum absolute atomic E-state index is 5.76. The first-order chi connectivity index (χ1) is 8.58. The summed E-state index contributed by atoms with van der Waals surface area (Å²) in [5, 5.41) is 3.34. The number of hydrogen-bond acceptors (Lipinski definition) is 2. The molecule has 0 aliphatic heterocycles. The van der Waals surface area contributed by atoms with Gasteiger partial charge < -0.3 is 11.1 Å². The van der Waals surface area contributed by atoms with Crippen molar-refractivity contribution in [3.05, 3.63) is 58.1 Å². The van der Waals surface area contributed by atoms with E-state index in [0.717, 1.165) is 21.4 Å². The summed E-state index contributed by atoms with van der Waals surface area (Å²) in [7, 11) is 0. The first kappa shape index (κ1) is 13.1. The van der Waals surface area contributed by atoms with Crippen molar-refractivity contribution >= 4 is 44.5 Å². The molecule has 2 nitrogen and oxygen atoms in total. The third-order valence-corrected chi connectivity index (χ3v) is 3.42. The van der Waals surface area contributed by atoms with Crippen LogP contribution in [0.3, 0.4) is 0 Å². The molecule has 2 aromatic carbocycles. The molecule has 3 N–H and O–H groups in total. The van der Waals surface area contributed by atoms with E-state index >= 15 is 0 Å². The lowest BCUT2D eigenvalue weighted by atomic mass is 10.1. The molecule has 0 amide bonds. The third kappa shape index (κ3) is 2.89. The van der Waals surface area contributed by atoms with Crippen LogP contribution in [0.15, 0.2) is 46.9 Å². The Balaban J connectivity index is 2.40. The van der Waals surface area contributed by atoms with E-state index in [4.69, 9.17) is 18.0 Å². The van der Waals surface area contributed by atoms with Crippen LogP contribution >= 0.6 is 28.1 Å². The van der Waals surface area contributed by atoms with Crippen LogP contribution in [0.4, 0.5) is 11.4 Å². The van der Waals surface area contributed by atoms with E-state index in [-0.39, 0.29) is 0 Å². The highest BCUT2D eigenvalue weighted by molar-refractivity contribution is 9.10. The molecule has 0 saturated heterocycles. The average molecular weight is 321 g/mol. The van der Waals surface area contributed by atoms with Crippen molar-refractivity contribution in [2.75, 3.05) is 5.32 Å². The van der Waals surface area contributed by atoms with E-state index in [9.17, 15) is 0 Å². The molecule has 18 heavy (non-hydrogen) atoms. The van der Waals surface area contributed by atoms with Gasteiger partial charge in [0.15, 0.2) is 0 Å². The highest BCUT2D eigenvalue weighted by Gasteiger charge is 2.09. The molecule has 0 aliphatic carbocycles. The summed E-state index contributed by atoms with van der Waals surface area (Å²) < 4.78 is 0.896. The van der Waals surface area contributed by atoms with E-state index in [0.29, 0.717) is 4.99 Å². The van der Waals surface area contributed by atoms with Crippen molar-refractivity contribution in [2.45, 2.75) is 6.92 Å². The number of rotatable bonds is 3. The van der Waals surface area contributed by atoms with Gasteiger partial charge in [-0.3, -0.25) is 0 Å². The van der Waals surface area contributed by atoms with Gasteiger partial charge in [-0.15, -0.1) is 0 Å². The summed E-state index contributed by atoms with van der Waals surface area (Å²) in [6.45, 7) is 2.06. The number of anilines is 2. The second kappa shape index (κ2) is 5.50. The van der Waals surface area contributed by atoms with Gasteiger partial charge in [-0.25, -0.2) is 0 Å². The zero-order valence-corrected chi connectivity index (χ0v) is 12.3. The number of nitrogens with two attached hydrogens (primary N) is 1. The summed E-state index contributed by atoms with van der Waals surface area (Å²) in [6.07, 6.45) is 0. The standard InChI is InChI=1S/C14H13BrN2S/c1-9-4-2-5-10(8-9)17-12-7-3-6-11(15)13(12)14(16)18/h2-8,17H,1H3,(H2,16,18). The monoisotopic (exact) mass is 320 g/mol. The van der Waals surface area contributed by atoms with Crippen molar-refractivity contribution in [3.63, 3.8) is 0 Å². The number of aryl methyl sites for hydroxylation is 1. The highest BCUT2D eigenvalue weighted by Crippen LogP contribution is 2.27. The van der Waals surface area contributed by atoms with Gasteiger partial charge in [0.25, 0.3) is 0 Å². The fourth-order valence-electron chi connectivity index (χ4n) is 1.76. The SMILES string of the molecule is Cc1cccc(Nc2cccc(Br)c2C(N)=S)c1. The first-order valence-corrected chi connectivity index (χ1v) is 6.70. The minimum Gasteiger partial charge on any atom is -0.389 e. The van der Waals surface area contributed by atoms with Crippen LogP contribution in [0, 0.1) is 6.92 Å². The number of hydrogen-bond donors (Lipinski definition) is 2. The topological polar surface area (TPSA) is 38.0 Å². The lowest BCUT2D eigenvalue weighted by molar-refractivity contribution is 1.44. The van der Waals surface area contributed by atoms with Gasteiger partial charge in [0.2, 0.25) is 0 Å². The third-order valence-electron chi connectivity index (χ3n) is 2.56. The van der Waals surface area contributed by atoms with Crippen molar-refractivity contribution in [2.24, 2.45) is 5.73 Å². The maximum atomic E-state index is 5.76. The Hall–Kier alpha value is -1.39. The minimum absolute atomic E-state index is 0.373. The molecule has 92 valence electrons. The summed E-state index contributed by atoms with van der Waals surface area (Å²) in [5.41, 5.74) is 9.71.